The number of carbonyl (C=O) groups is 2. The number of aryl methyl sites for hydroxylation is 1. The van der Waals surface area contributed by atoms with Gasteiger partial charge in [-0.05, 0) is 31.2 Å². The van der Waals surface area contributed by atoms with E-state index in [2.05, 4.69) is 5.32 Å². The molecular formula is C18H17F3N2O2. The lowest BCUT2D eigenvalue weighted by atomic mass is 10.1. The van der Waals surface area contributed by atoms with Crippen molar-refractivity contribution < 1.29 is 22.8 Å². The molecular weight excluding hydrogens is 333 g/mol. The van der Waals surface area contributed by atoms with Gasteiger partial charge in [0.1, 0.15) is 6.54 Å². The van der Waals surface area contributed by atoms with E-state index in [0.29, 0.717) is 5.69 Å². The Hall–Kier alpha value is -2.83. The van der Waals surface area contributed by atoms with Crippen LogP contribution in [0.4, 0.5) is 24.5 Å². The smallest absolute Gasteiger partial charge is 0.325 e. The minimum atomic E-state index is -4.63. The number of carbonyl (C=O) groups excluding carboxylic acids is 2. The predicted octanol–water partition coefficient (Wildman–Crippen LogP) is 4.01. The Labute approximate surface area is 143 Å². The van der Waals surface area contributed by atoms with Crippen molar-refractivity contribution in [2.75, 3.05) is 16.8 Å². The third kappa shape index (κ3) is 4.82. The van der Waals surface area contributed by atoms with Crippen molar-refractivity contribution in [3.05, 3.63) is 59.7 Å². The third-order valence-corrected chi connectivity index (χ3v) is 3.52. The van der Waals surface area contributed by atoms with Crippen molar-refractivity contribution in [2.24, 2.45) is 0 Å². The van der Waals surface area contributed by atoms with Gasteiger partial charge in [0.25, 0.3) is 0 Å². The van der Waals surface area contributed by atoms with E-state index in [1.54, 1.807) is 24.3 Å². The number of nitrogens with zero attached hydrogens (tertiary/aromatic N) is 1. The van der Waals surface area contributed by atoms with E-state index in [4.69, 9.17) is 0 Å². The molecule has 0 radical (unpaired) electrons. The first-order valence-corrected chi connectivity index (χ1v) is 7.49. The molecule has 2 aromatic rings. The predicted molar refractivity (Wildman–Crippen MR) is 89.3 cm³/mol. The van der Waals surface area contributed by atoms with Gasteiger partial charge in [0, 0.05) is 12.6 Å². The van der Waals surface area contributed by atoms with Crippen LogP contribution >= 0.6 is 0 Å². The van der Waals surface area contributed by atoms with Crippen LogP contribution in [0.1, 0.15) is 18.1 Å². The number of hydrogen-bond acceptors (Lipinski definition) is 2. The molecule has 0 aliphatic heterocycles. The zero-order chi connectivity index (χ0) is 18.6. The van der Waals surface area contributed by atoms with Crippen LogP contribution in [-0.2, 0) is 15.8 Å². The highest BCUT2D eigenvalue weighted by molar-refractivity contribution is 6.02. The normalized spacial score (nSPS) is 11.1. The van der Waals surface area contributed by atoms with Crippen LogP contribution in [0.5, 0.6) is 0 Å². The van der Waals surface area contributed by atoms with Crippen molar-refractivity contribution in [3.8, 4) is 0 Å². The highest BCUT2D eigenvalue weighted by Crippen LogP contribution is 2.36. The number of rotatable bonds is 4. The van der Waals surface area contributed by atoms with Crippen molar-refractivity contribution in [1.82, 2.24) is 0 Å². The molecule has 0 fully saturated rings. The van der Waals surface area contributed by atoms with Crippen molar-refractivity contribution in [2.45, 2.75) is 20.0 Å². The lowest BCUT2D eigenvalue weighted by molar-refractivity contribution is -0.137. The standard InChI is InChI=1S/C18H17F3N2O2/c1-12-7-9-14(10-8-12)22-17(25)11-23(13(2)24)16-6-4-3-5-15(16)18(19,20)21/h3-10H,11H2,1-2H3,(H,22,25). The Morgan fingerprint density at radius 3 is 2.20 bits per heavy atom. The van der Waals surface area contributed by atoms with Crippen molar-refractivity contribution in [3.63, 3.8) is 0 Å². The number of nitrogens with one attached hydrogen (secondary N) is 1. The third-order valence-electron chi connectivity index (χ3n) is 3.52. The van der Waals surface area contributed by atoms with Crippen LogP contribution in [-0.4, -0.2) is 18.4 Å². The van der Waals surface area contributed by atoms with Gasteiger partial charge >= 0.3 is 6.18 Å². The fraction of sp³-hybridized carbons (Fsp3) is 0.222. The summed E-state index contributed by atoms with van der Waals surface area (Å²) in [5.41, 5.74) is 0.195. The summed E-state index contributed by atoms with van der Waals surface area (Å²) in [6, 6.07) is 11.6. The summed E-state index contributed by atoms with van der Waals surface area (Å²) in [5.74, 6) is -1.24. The van der Waals surface area contributed by atoms with Gasteiger partial charge in [-0.2, -0.15) is 13.2 Å². The molecule has 0 saturated carbocycles. The van der Waals surface area contributed by atoms with Gasteiger partial charge < -0.3 is 10.2 Å². The van der Waals surface area contributed by atoms with Gasteiger partial charge in [-0.25, -0.2) is 0 Å². The molecule has 0 saturated heterocycles. The fourth-order valence-electron chi connectivity index (χ4n) is 2.30. The SMILES string of the molecule is CC(=O)N(CC(=O)Nc1ccc(C)cc1)c1ccccc1C(F)(F)F. The fourth-order valence-corrected chi connectivity index (χ4v) is 2.30. The number of anilines is 2. The van der Waals surface area contributed by atoms with Crippen molar-refractivity contribution in [1.29, 1.82) is 0 Å². The average Bonchev–Trinajstić information content (AvgIpc) is 2.54. The lowest BCUT2D eigenvalue weighted by Gasteiger charge is -2.24. The Morgan fingerprint density at radius 1 is 1.04 bits per heavy atom. The largest absolute Gasteiger partial charge is 0.418 e. The van der Waals surface area contributed by atoms with Gasteiger partial charge in [0.15, 0.2) is 0 Å². The summed E-state index contributed by atoms with van der Waals surface area (Å²) in [5, 5.41) is 2.57. The first-order chi connectivity index (χ1) is 11.7. The van der Waals surface area contributed by atoms with Crippen LogP contribution < -0.4 is 10.2 Å². The highest BCUT2D eigenvalue weighted by atomic mass is 19.4. The molecule has 2 aromatic carbocycles. The van der Waals surface area contributed by atoms with E-state index < -0.39 is 30.1 Å². The van der Waals surface area contributed by atoms with E-state index in [1.807, 2.05) is 6.92 Å². The minimum Gasteiger partial charge on any atom is -0.325 e. The maximum Gasteiger partial charge on any atom is 0.418 e. The number of halogens is 3. The quantitative estimate of drug-likeness (QED) is 0.906. The van der Waals surface area contributed by atoms with Gasteiger partial charge in [-0.15, -0.1) is 0 Å². The van der Waals surface area contributed by atoms with Crippen molar-refractivity contribution >= 4 is 23.2 Å². The zero-order valence-electron chi connectivity index (χ0n) is 13.7. The topological polar surface area (TPSA) is 49.4 Å². The van der Waals surface area contributed by atoms with Crippen LogP contribution in [0.25, 0.3) is 0 Å². The number of benzene rings is 2. The molecule has 0 bridgehead atoms. The molecule has 2 rings (SSSR count). The summed E-state index contributed by atoms with van der Waals surface area (Å²) in [4.78, 5) is 24.8. The Bertz CT molecular complexity index is 771. The molecule has 0 unspecified atom stereocenters. The van der Waals surface area contributed by atoms with E-state index in [-0.39, 0.29) is 5.69 Å². The molecule has 132 valence electrons. The molecule has 2 amide bonds. The van der Waals surface area contributed by atoms with Crippen LogP contribution in [0.3, 0.4) is 0 Å². The van der Waals surface area contributed by atoms with E-state index >= 15 is 0 Å². The van der Waals surface area contributed by atoms with Crippen LogP contribution in [0.2, 0.25) is 0 Å². The van der Waals surface area contributed by atoms with Gasteiger partial charge in [0.05, 0.1) is 11.3 Å². The van der Waals surface area contributed by atoms with Gasteiger partial charge in [-0.1, -0.05) is 29.8 Å². The molecule has 0 atom stereocenters. The number of hydrogen-bond donors (Lipinski definition) is 1. The molecule has 0 aliphatic carbocycles. The molecule has 4 nitrogen and oxygen atoms in total. The number of para-hydroxylation sites is 1. The Morgan fingerprint density at radius 2 is 1.64 bits per heavy atom. The second kappa shape index (κ2) is 7.38. The first kappa shape index (κ1) is 18.5. The molecule has 0 spiro atoms. The second-order valence-corrected chi connectivity index (χ2v) is 5.53. The van der Waals surface area contributed by atoms with Crippen LogP contribution in [0, 0.1) is 6.92 Å². The summed E-state index contributed by atoms with van der Waals surface area (Å²) in [6.07, 6.45) is -4.63. The molecule has 7 heteroatoms. The number of alkyl halides is 3. The summed E-state index contributed by atoms with van der Waals surface area (Å²) < 4.78 is 39.5. The van der Waals surface area contributed by atoms with Gasteiger partial charge in [0.2, 0.25) is 11.8 Å². The molecule has 25 heavy (non-hydrogen) atoms. The summed E-state index contributed by atoms with van der Waals surface area (Å²) in [7, 11) is 0. The van der Waals surface area contributed by atoms with E-state index in [1.165, 1.54) is 18.2 Å². The Kier molecular flexibility index (Phi) is 5.46. The lowest BCUT2D eigenvalue weighted by Crippen LogP contribution is -2.37. The van der Waals surface area contributed by atoms with Gasteiger partial charge in [-0.3, -0.25) is 9.59 Å². The molecule has 0 aromatic heterocycles. The zero-order valence-corrected chi connectivity index (χ0v) is 13.7. The van der Waals surface area contributed by atoms with Crippen LogP contribution in [0.15, 0.2) is 48.5 Å². The number of amides is 2. The molecule has 1 N–H and O–H groups in total. The summed E-state index contributed by atoms with van der Waals surface area (Å²) in [6.45, 7) is 2.49. The average molecular weight is 350 g/mol. The maximum atomic E-state index is 13.2. The first-order valence-electron chi connectivity index (χ1n) is 7.49. The highest BCUT2D eigenvalue weighted by Gasteiger charge is 2.35. The molecule has 0 aliphatic rings. The Balaban J connectivity index is 2.23. The summed E-state index contributed by atoms with van der Waals surface area (Å²) >= 11 is 0. The molecule has 0 heterocycles. The maximum absolute atomic E-state index is 13.2. The monoisotopic (exact) mass is 350 g/mol. The second-order valence-electron chi connectivity index (χ2n) is 5.53. The minimum absolute atomic E-state index is 0.346. The van der Waals surface area contributed by atoms with E-state index in [0.717, 1.165) is 23.5 Å². The van der Waals surface area contributed by atoms with E-state index in [9.17, 15) is 22.8 Å².